The van der Waals surface area contributed by atoms with Crippen LogP contribution in [0.5, 0.6) is 0 Å². The lowest BCUT2D eigenvalue weighted by Crippen LogP contribution is -2.50. The zero-order chi connectivity index (χ0) is 12.8. The van der Waals surface area contributed by atoms with E-state index in [1.165, 1.54) is 51.5 Å². The van der Waals surface area contributed by atoms with Crippen molar-refractivity contribution >= 4 is 5.91 Å². The van der Waals surface area contributed by atoms with Gasteiger partial charge in [0.15, 0.2) is 0 Å². The second-order valence-electron chi connectivity index (χ2n) is 5.90. The SMILES string of the molecule is CCC(=O)N[C@@H]1CCCN(C2CCCCCC2)C1. The highest BCUT2D eigenvalue weighted by molar-refractivity contribution is 5.75. The fourth-order valence-electron chi connectivity index (χ4n) is 3.41. The maximum absolute atomic E-state index is 11.5. The summed E-state index contributed by atoms with van der Waals surface area (Å²) in [6, 6.07) is 1.18. The van der Waals surface area contributed by atoms with Crippen LogP contribution in [0.3, 0.4) is 0 Å². The van der Waals surface area contributed by atoms with Crippen molar-refractivity contribution in [2.24, 2.45) is 0 Å². The van der Waals surface area contributed by atoms with Crippen molar-refractivity contribution in [2.45, 2.75) is 76.8 Å². The maximum Gasteiger partial charge on any atom is 0.219 e. The Labute approximate surface area is 111 Å². The molecule has 104 valence electrons. The van der Waals surface area contributed by atoms with Gasteiger partial charge in [-0.2, -0.15) is 0 Å². The Hall–Kier alpha value is -0.570. The largest absolute Gasteiger partial charge is 0.352 e. The lowest BCUT2D eigenvalue weighted by atomic mass is 10.00. The average molecular weight is 252 g/mol. The molecule has 0 unspecified atom stereocenters. The van der Waals surface area contributed by atoms with Gasteiger partial charge in [-0.05, 0) is 32.2 Å². The minimum atomic E-state index is 0.211. The van der Waals surface area contributed by atoms with Crippen LogP contribution in [0, 0.1) is 0 Å². The van der Waals surface area contributed by atoms with Crippen molar-refractivity contribution in [1.82, 2.24) is 10.2 Å². The van der Waals surface area contributed by atoms with Gasteiger partial charge in [0, 0.05) is 25.0 Å². The van der Waals surface area contributed by atoms with Gasteiger partial charge in [0.2, 0.25) is 5.91 Å². The zero-order valence-electron chi connectivity index (χ0n) is 11.8. The van der Waals surface area contributed by atoms with Gasteiger partial charge in [0.05, 0.1) is 0 Å². The molecule has 3 heteroatoms. The van der Waals surface area contributed by atoms with E-state index in [0.717, 1.165) is 19.0 Å². The first-order valence-corrected chi connectivity index (χ1v) is 7.83. The molecule has 0 spiro atoms. The van der Waals surface area contributed by atoms with Gasteiger partial charge in [0.1, 0.15) is 0 Å². The molecule has 2 fully saturated rings. The van der Waals surface area contributed by atoms with Crippen LogP contribution in [-0.2, 0) is 4.79 Å². The van der Waals surface area contributed by atoms with E-state index in [0.29, 0.717) is 12.5 Å². The summed E-state index contributed by atoms with van der Waals surface area (Å²) in [6.45, 7) is 4.25. The number of carbonyl (C=O) groups is 1. The van der Waals surface area contributed by atoms with Crippen LogP contribution in [0.2, 0.25) is 0 Å². The summed E-state index contributed by atoms with van der Waals surface area (Å²) in [5.74, 6) is 0.211. The molecule has 1 aliphatic carbocycles. The molecule has 0 aromatic rings. The number of piperidine rings is 1. The average Bonchev–Trinajstić information content (AvgIpc) is 2.68. The second kappa shape index (κ2) is 7.13. The number of hydrogen-bond donors (Lipinski definition) is 1. The van der Waals surface area contributed by atoms with E-state index in [-0.39, 0.29) is 5.91 Å². The Morgan fingerprint density at radius 1 is 1.11 bits per heavy atom. The van der Waals surface area contributed by atoms with Crippen molar-refractivity contribution in [3.05, 3.63) is 0 Å². The predicted octanol–water partition coefficient (Wildman–Crippen LogP) is 2.70. The molecule has 1 aliphatic heterocycles. The van der Waals surface area contributed by atoms with Crippen molar-refractivity contribution in [2.75, 3.05) is 13.1 Å². The van der Waals surface area contributed by atoms with Crippen LogP contribution in [0.4, 0.5) is 0 Å². The van der Waals surface area contributed by atoms with E-state index in [1.807, 2.05) is 6.92 Å². The van der Waals surface area contributed by atoms with Gasteiger partial charge in [-0.15, -0.1) is 0 Å². The quantitative estimate of drug-likeness (QED) is 0.783. The summed E-state index contributed by atoms with van der Waals surface area (Å²) in [7, 11) is 0. The topological polar surface area (TPSA) is 32.3 Å². The predicted molar refractivity (Wildman–Crippen MR) is 74.5 cm³/mol. The lowest BCUT2D eigenvalue weighted by Gasteiger charge is -2.38. The van der Waals surface area contributed by atoms with Gasteiger partial charge in [-0.25, -0.2) is 0 Å². The number of rotatable bonds is 3. The Morgan fingerprint density at radius 3 is 2.50 bits per heavy atom. The minimum absolute atomic E-state index is 0.211. The number of amides is 1. The second-order valence-corrected chi connectivity index (χ2v) is 5.90. The number of likely N-dealkylation sites (tertiary alicyclic amines) is 1. The zero-order valence-corrected chi connectivity index (χ0v) is 11.8. The van der Waals surface area contributed by atoms with Gasteiger partial charge in [0.25, 0.3) is 0 Å². The van der Waals surface area contributed by atoms with Crippen molar-refractivity contribution < 1.29 is 4.79 Å². The van der Waals surface area contributed by atoms with Crippen LogP contribution in [0.25, 0.3) is 0 Å². The molecule has 2 rings (SSSR count). The molecule has 1 amide bonds. The monoisotopic (exact) mass is 252 g/mol. The molecular formula is C15H28N2O. The van der Waals surface area contributed by atoms with Gasteiger partial charge in [-0.1, -0.05) is 32.6 Å². The summed E-state index contributed by atoms with van der Waals surface area (Å²) in [6.07, 6.45) is 11.4. The Morgan fingerprint density at radius 2 is 1.83 bits per heavy atom. The summed E-state index contributed by atoms with van der Waals surface area (Å²) in [5.41, 5.74) is 0. The van der Waals surface area contributed by atoms with Crippen LogP contribution in [-0.4, -0.2) is 36.0 Å². The fraction of sp³-hybridized carbons (Fsp3) is 0.933. The van der Waals surface area contributed by atoms with E-state index in [1.54, 1.807) is 0 Å². The molecule has 0 aromatic heterocycles. The van der Waals surface area contributed by atoms with Crippen molar-refractivity contribution in [3.63, 3.8) is 0 Å². The number of hydrogen-bond acceptors (Lipinski definition) is 2. The van der Waals surface area contributed by atoms with E-state index < -0.39 is 0 Å². The Bertz CT molecular complexity index is 259. The minimum Gasteiger partial charge on any atom is -0.352 e. The molecule has 1 N–H and O–H groups in total. The molecule has 2 aliphatic rings. The summed E-state index contributed by atoms with van der Waals surface area (Å²) >= 11 is 0. The molecule has 3 nitrogen and oxygen atoms in total. The third-order valence-electron chi connectivity index (χ3n) is 4.48. The molecule has 1 heterocycles. The fourth-order valence-corrected chi connectivity index (χ4v) is 3.41. The Balaban J connectivity index is 1.83. The smallest absolute Gasteiger partial charge is 0.219 e. The van der Waals surface area contributed by atoms with Crippen LogP contribution in [0.15, 0.2) is 0 Å². The number of carbonyl (C=O) groups excluding carboxylic acids is 1. The molecule has 1 saturated carbocycles. The standard InChI is InChI=1S/C15H28N2O/c1-2-15(18)16-13-8-7-11-17(12-13)14-9-5-3-4-6-10-14/h13-14H,2-12H2,1H3,(H,16,18)/t13-/m1/s1. The maximum atomic E-state index is 11.5. The molecule has 1 atom stereocenters. The van der Waals surface area contributed by atoms with E-state index >= 15 is 0 Å². The lowest BCUT2D eigenvalue weighted by molar-refractivity contribution is -0.121. The van der Waals surface area contributed by atoms with Crippen LogP contribution in [0.1, 0.15) is 64.7 Å². The number of nitrogens with one attached hydrogen (secondary N) is 1. The molecular weight excluding hydrogens is 224 g/mol. The highest BCUT2D eigenvalue weighted by atomic mass is 16.1. The third kappa shape index (κ3) is 3.98. The third-order valence-corrected chi connectivity index (χ3v) is 4.48. The van der Waals surface area contributed by atoms with E-state index in [2.05, 4.69) is 10.2 Å². The first-order chi connectivity index (χ1) is 8.79. The van der Waals surface area contributed by atoms with E-state index in [9.17, 15) is 4.79 Å². The first-order valence-electron chi connectivity index (χ1n) is 7.83. The summed E-state index contributed by atoms with van der Waals surface area (Å²) in [5, 5.41) is 3.17. The van der Waals surface area contributed by atoms with Gasteiger partial charge < -0.3 is 5.32 Å². The Kier molecular flexibility index (Phi) is 5.48. The molecule has 1 saturated heterocycles. The molecule has 18 heavy (non-hydrogen) atoms. The molecule has 0 radical (unpaired) electrons. The van der Waals surface area contributed by atoms with E-state index in [4.69, 9.17) is 0 Å². The van der Waals surface area contributed by atoms with Gasteiger partial charge >= 0.3 is 0 Å². The number of nitrogens with zero attached hydrogens (tertiary/aromatic N) is 1. The highest BCUT2D eigenvalue weighted by Gasteiger charge is 2.26. The van der Waals surface area contributed by atoms with Crippen molar-refractivity contribution in [1.29, 1.82) is 0 Å². The highest BCUT2D eigenvalue weighted by Crippen LogP contribution is 2.24. The normalized spacial score (nSPS) is 27.7. The van der Waals surface area contributed by atoms with Crippen LogP contribution < -0.4 is 5.32 Å². The first kappa shape index (κ1) is 13.9. The van der Waals surface area contributed by atoms with Gasteiger partial charge in [-0.3, -0.25) is 9.69 Å². The van der Waals surface area contributed by atoms with Crippen LogP contribution >= 0.6 is 0 Å². The summed E-state index contributed by atoms with van der Waals surface area (Å²) < 4.78 is 0. The van der Waals surface area contributed by atoms with Crippen molar-refractivity contribution in [3.8, 4) is 0 Å². The summed E-state index contributed by atoms with van der Waals surface area (Å²) in [4.78, 5) is 14.1. The molecule has 0 bridgehead atoms. The molecule has 0 aromatic carbocycles.